The third-order valence-corrected chi connectivity index (χ3v) is 3.20. The van der Waals surface area contributed by atoms with Gasteiger partial charge in [-0.1, -0.05) is 18.9 Å². The van der Waals surface area contributed by atoms with Crippen LogP contribution in [0.1, 0.15) is 31.2 Å². The topological polar surface area (TPSA) is 39.2 Å². The van der Waals surface area contributed by atoms with Crippen molar-refractivity contribution in [2.24, 2.45) is 5.92 Å². The SMILES string of the molecule is COc1ccc(CC(=O)C2CCCC2)cn1. The molecule has 3 heteroatoms. The summed E-state index contributed by atoms with van der Waals surface area (Å²) in [7, 11) is 1.59. The van der Waals surface area contributed by atoms with Crippen molar-refractivity contribution >= 4 is 5.78 Å². The predicted molar refractivity (Wildman–Crippen MR) is 61.5 cm³/mol. The minimum atomic E-state index is 0.294. The van der Waals surface area contributed by atoms with Crippen LogP contribution < -0.4 is 4.74 Å². The molecular weight excluding hydrogens is 202 g/mol. The van der Waals surface area contributed by atoms with E-state index in [4.69, 9.17) is 4.74 Å². The molecule has 0 atom stereocenters. The number of methoxy groups -OCH3 is 1. The molecular formula is C13H17NO2. The second-order valence-corrected chi connectivity index (χ2v) is 4.33. The maximum absolute atomic E-state index is 11.9. The number of hydrogen-bond donors (Lipinski definition) is 0. The van der Waals surface area contributed by atoms with E-state index in [-0.39, 0.29) is 0 Å². The van der Waals surface area contributed by atoms with Crippen molar-refractivity contribution in [1.82, 2.24) is 4.98 Å². The van der Waals surface area contributed by atoms with Crippen LogP contribution in [0.3, 0.4) is 0 Å². The molecule has 1 saturated carbocycles. The summed E-state index contributed by atoms with van der Waals surface area (Å²) in [6.45, 7) is 0. The van der Waals surface area contributed by atoms with Crippen molar-refractivity contribution in [2.75, 3.05) is 7.11 Å². The van der Waals surface area contributed by atoms with E-state index in [0.717, 1.165) is 18.4 Å². The van der Waals surface area contributed by atoms with Crippen molar-refractivity contribution < 1.29 is 9.53 Å². The van der Waals surface area contributed by atoms with Crippen LogP contribution in [0.25, 0.3) is 0 Å². The van der Waals surface area contributed by atoms with Gasteiger partial charge in [0.05, 0.1) is 7.11 Å². The first-order valence-electron chi connectivity index (χ1n) is 5.81. The van der Waals surface area contributed by atoms with Crippen LogP contribution >= 0.6 is 0 Å². The Labute approximate surface area is 95.8 Å². The summed E-state index contributed by atoms with van der Waals surface area (Å²) >= 11 is 0. The maximum atomic E-state index is 11.9. The van der Waals surface area contributed by atoms with Crippen molar-refractivity contribution in [3.05, 3.63) is 23.9 Å². The zero-order valence-electron chi connectivity index (χ0n) is 9.61. The van der Waals surface area contributed by atoms with Gasteiger partial charge in [-0.15, -0.1) is 0 Å². The first-order chi connectivity index (χ1) is 7.79. The Morgan fingerprint density at radius 3 is 2.75 bits per heavy atom. The molecule has 86 valence electrons. The third-order valence-electron chi connectivity index (χ3n) is 3.20. The fraction of sp³-hybridized carbons (Fsp3) is 0.538. The Morgan fingerprint density at radius 2 is 2.19 bits per heavy atom. The van der Waals surface area contributed by atoms with Gasteiger partial charge in [0.15, 0.2) is 0 Å². The summed E-state index contributed by atoms with van der Waals surface area (Å²) in [6, 6.07) is 3.72. The molecule has 0 aliphatic heterocycles. The standard InChI is InChI=1S/C13H17NO2/c1-16-13-7-6-10(9-14-13)8-12(15)11-4-2-3-5-11/h6-7,9,11H,2-5,8H2,1H3. The predicted octanol–water partition coefficient (Wildman–Crippen LogP) is 2.39. The lowest BCUT2D eigenvalue weighted by Gasteiger charge is -2.07. The van der Waals surface area contributed by atoms with Gasteiger partial charge in [-0.2, -0.15) is 0 Å². The fourth-order valence-electron chi connectivity index (χ4n) is 2.23. The van der Waals surface area contributed by atoms with E-state index >= 15 is 0 Å². The highest BCUT2D eigenvalue weighted by Crippen LogP contribution is 2.26. The molecule has 2 rings (SSSR count). The highest BCUT2D eigenvalue weighted by Gasteiger charge is 2.22. The van der Waals surface area contributed by atoms with Crippen LogP contribution in [0, 0.1) is 5.92 Å². The molecule has 0 aromatic carbocycles. The number of ketones is 1. The normalized spacial score (nSPS) is 16.3. The molecule has 3 nitrogen and oxygen atoms in total. The first kappa shape index (κ1) is 11.1. The van der Waals surface area contributed by atoms with E-state index < -0.39 is 0 Å². The van der Waals surface area contributed by atoms with E-state index in [1.54, 1.807) is 19.4 Å². The lowest BCUT2D eigenvalue weighted by Crippen LogP contribution is -2.13. The van der Waals surface area contributed by atoms with Gasteiger partial charge in [0.1, 0.15) is 5.78 Å². The molecule has 0 bridgehead atoms. The molecule has 0 unspecified atom stereocenters. The van der Waals surface area contributed by atoms with Gasteiger partial charge < -0.3 is 4.74 Å². The zero-order chi connectivity index (χ0) is 11.4. The molecule has 0 N–H and O–H groups in total. The quantitative estimate of drug-likeness (QED) is 0.780. The van der Waals surface area contributed by atoms with E-state index in [1.165, 1.54) is 12.8 Å². The summed E-state index contributed by atoms with van der Waals surface area (Å²) in [4.78, 5) is 16.0. The second kappa shape index (κ2) is 5.10. The van der Waals surface area contributed by atoms with Gasteiger partial charge in [0, 0.05) is 24.6 Å². The molecule has 0 radical (unpaired) electrons. The number of hydrogen-bond acceptors (Lipinski definition) is 3. The van der Waals surface area contributed by atoms with Crippen LogP contribution in [-0.4, -0.2) is 17.9 Å². The second-order valence-electron chi connectivity index (χ2n) is 4.33. The fourth-order valence-corrected chi connectivity index (χ4v) is 2.23. The summed E-state index contributed by atoms with van der Waals surface area (Å²) in [5.41, 5.74) is 0.984. The third kappa shape index (κ3) is 2.60. The summed E-state index contributed by atoms with van der Waals surface area (Å²) in [5.74, 6) is 1.25. The molecule has 1 fully saturated rings. The number of pyridine rings is 1. The smallest absolute Gasteiger partial charge is 0.212 e. The van der Waals surface area contributed by atoms with Crippen LogP contribution in [0.5, 0.6) is 5.88 Å². The average molecular weight is 219 g/mol. The minimum Gasteiger partial charge on any atom is -0.481 e. The average Bonchev–Trinajstić information content (AvgIpc) is 2.83. The van der Waals surface area contributed by atoms with E-state index in [0.29, 0.717) is 24.0 Å². The summed E-state index contributed by atoms with van der Waals surface area (Å²) < 4.78 is 4.98. The minimum absolute atomic E-state index is 0.294. The van der Waals surface area contributed by atoms with Gasteiger partial charge in [-0.05, 0) is 18.4 Å². The lowest BCUT2D eigenvalue weighted by molar-refractivity contribution is -0.122. The number of rotatable bonds is 4. The summed E-state index contributed by atoms with van der Waals surface area (Å²) in [6.07, 6.45) is 6.80. The highest BCUT2D eigenvalue weighted by molar-refractivity contribution is 5.83. The number of aromatic nitrogens is 1. The lowest BCUT2D eigenvalue weighted by atomic mass is 9.97. The number of carbonyl (C=O) groups excluding carboxylic acids is 1. The van der Waals surface area contributed by atoms with Gasteiger partial charge in [-0.3, -0.25) is 4.79 Å². The molecule has 1 heterocycles. The zero-order valence-corrected chi connectivity index (χ0v) is 9.61. The van der Waals surface area contributed by atoms with Crippen molar-refractivity contribution in [3.63, 3.8) is 0 Å². The molecule has 1 aliphatic carbocycles. The largest absolute Gasteiger partial charge is 0.481 e. The van der Waals surface area contributed by atoms with E-state index in [2.05, 4.69) is 4.98 Å². The molecule has 1 aromatic rings. The Kier molecular flexibility index (Phi) is 3.54. The number of nitrogens with zero attached hydrogens (tertiary/aromatic N) is 1. The van der Waals surface area contributed by atoms with Crippen molar-refractivity contribution in [1.29, 1.82) is 0 Å². The molecule has 1 aromatic heterocycles. The van der Waals surface area contributed by atoms with Crippen LogP contribution in [-0.2, 0) is 11.2 Å². The van der Waals surface area contributed by atoms with Crippen molar-refractivity contribution in [3.8, 4) is 5.88 Å². The molecule has 1 aliphatic rings. The van der Waals surface area contributed by atoms with Gasteiger partial charge in [-0.25, -0.2) is 4.98 Å². The number of carbonyl (C=O) groups is 1. The van der Waals surface area contributed by atoms with E-state index in [9.17, 15) is 4.79 Å². The Balaban J connectivity index is 1.94. The Bertz CT molecular complexity index is 353. The highest BCUT2D eigenvalue weighted by atomic mass is 16.5. The maximum Gasteiger partial charge on any atom is 0.212 e. The van der Waals surface area contributed by atoms with Gasteiger partial charge in [0.2, 0.25) is 5.88 Å². The summed E-state index contributed by atoms with van der Waals surface area (Å²) in [5, 5.41) is 0. The van der Waals surface area contributed by atoms with Crippen LogP contribution in [0.4, 0.5) is 0 Å². The Hall–Kier alpha value is -1.38. The van der Waals surface area contributed by atoms with Crippen molar-refractivity contribution in [2.45, 2.75) is 32.1 Å². The van der Waals surface area contributed by atoms with E-state index in [1.807, 2.05) is 6.07 Å². The monoisotopic (exact) mass is 219 g/mol. The van der Waals surface area contributed by atoms with Crippen LogP contribution in [0.2, 0.25) is 0 Å². The van der Waals surface area contributed by atoms with Crippen LogP contribution in [0.15, 0.2) is 18.3 Å². The first-order valence-corrected chi connectivity index (χ1v) is 5.81. The van der Waals surface area contributed by atoms with Gasteiger partial charge in [0.25, 0.3) is 0 Å². The number of Topliss-reactive ketones (excluding diaryl/α,β-unsaturated/α-hetero) is 1. The Morgan fingerprint density at radius 1 is 1.44 bits per heavy atom. The molecule has 0 amide bonds. The molecule has 16 heavy (non-hydrogen) atoms. The molecule has 0 saturated heterocycles. The molecule has 0 spiro atoms. The number of ether oxygens (including phenoxy) is 1. The van der Waals surface area contributed by atoms with Gasteiger partial charge >= 0.3 is 0 Å².